The zero-order valence-electron chi connectivity index (χ0n) is 8.30. The normalized spacial score (nSPS) is 10.2. The van der Waals surface area contributed by atoms with Gasteiger partial charge in [-0.3, -0.25) is 4.98 Å². The van der Waals surface area contributed by atoms with Gasteiger partial charge < -0.3 is 9.84 Å². The van der Waals surface area contributed by atoms with Crippen LogP contribution in [0.15, 0.2) is 29.9 Å². The number of aromatic hydroxyl groups is 1. The minimum Gasteiger partial charge on any atom is -0.508 e. The van der Waals surface area contributed by atoms with Gasteiger partial charge in [0.1, 0.15) is 18.1 Å². The molecule has 0 fully saturated rings. The molecule has 0 spiro atoms. The van der Waals surface area contributed by atoms with Crippen molar-refractivity contribution in [2.75, 3.05) is 0 Å². The molecule has 0 saturated heterocycles. The summed E-state index contributed by atoms with van der Waals surface area (Å²) in [5, 5.41) is 9.47. The summed E-state index contributed by atoms with van der Waals surface area (Å²) in [7, 11) is 0. The van der Waals surface area contributed by atoms with E-state index < -0.39 is 0 Å². The zero-order chi connectivity index (χ0) is 10.7. The molecule has 0 radical (unpaired) electrons. The third-order valence-corrected chi connectivity index (χ3v) is 2.86. The first-order valence-corrected chi connectivity index (χ1v) is 5.44. The van der Waals surface area contributed by atoms with Gasteiger partial charge in [-0.15, -0.1) is 11.3 Å². The van der Waals surface area contributed by atoms with E-state index in [0.717, 1.165) is 10.4 Å². The fourth-order valence-corrected chi connectivity index (χ4v) is 1.73. The fraction of sp³-hybridized carbons (Fsp3) is 0.182. The van der Waals surface area contributed by atoms with Crippen LogP contribution in [0, 0.1) is 6.92 Å². The molecular formula is C11H11NO2S. The average molecular weight is 221 g/mol. The van der Waals surface area contributed by atoms with Crippen molar-refractivity contribution >= 4 is 11.3 Å². The zero-order valence-corrected chi connectivity index (χ0v) is 9.12. The van der Waals surface area contributed by atoms with E-state index >= 15 is 0 Å². The second kappa shape index (κ2) is 4.31. The highest BCUT2D eigenvalue weighted by Crippen LogP contribution is 2.26. The number of aromatic nitrogens is 1. The predicted molar refractivity (Wildman–Crippen MR) is 59.3 cm³/mol. The van der Waals surface area contributed by atoms with Gasteiger partial charge in [-0.1, -0.05) is 6.07 Å². The van der Waals surface area contributed by atoms with Crippen LogP contribution in [-0.2, 0) is 6.61 Å². The molecule has 4 heteroatoms. The van der Waals surface area contributed by atoms with Crippen LogP contribution in [0.5, 0.6) is 11.5 Å². The molecule has 0 saturated carbocycles. The number of nitrogens with zero attached hydrogens (tertiary/aromatic N) is 1. The van der Waals surface area contributed by atoms with Crippen LogP contribution in [0.3, 0.4) is 0 Å². The maximum absolute atomic E-state index is 9.47. The smallest absolute Gasteiger partial charge is 0.126 e. The van der Waals surface area contributed by atoms with Crippen molar-refractivity contribution in [2.24, 2.45) is 0 Å². The van der Waals surface area contributed by atoms with Crippen molar-refractivity contribution in [1.82, 2.24) is 4.98 Å². The number of phenolic OH excluding ortho intramolecular Hbond substituents is 1. The van der Waals surface area contributed by atoms with Gasteiger partial charge in [-0.25, -0.2) is 0 Å². The average Bonchev–Trinajstić information content (AvgIpc) is 2.73. The number of thiazole rings is 1. The molecule has 78 valence electrons. The van der Waals surface area contributed by atoms with Gasteiger partial charge in [0.15, 0.2) is 0 Å². The van der Waals surface area contributed by atoms with Gasteiger partial charge in [0.05, 0.1) is 10.4 Å². The molecule has 1 heterocycles. The van der Waals surface area contributed by atoms with Crippen LogP contribution >= 0.6 is 11.3 Å². The first kappa shape index (κ1) is 9.98. The van der Waals surface area contributed by atoms with Gasteiger partial charge in [0, 0.05) is 11.8 Å². The highest BCUT2D eigenvalue weighted by molar-refractivity contribution is 7.09. The molecule has 0 unspecified atom stereocenters. The summed E-state index contributed by atoms with van der Waals surface area (Å²) in [6.07, 6.45) is 1.78. The van der Waals surface area contributed by atoms with Gasteiger partial charge in [-0.2, -0.15) is 0 Å². The molecule has 3 nitrogen and oxygen atoms in total. The Morgan fingerprint density at radius 3 is 3.07 bits per heavy atom. The minimum atomic E-state index is 0.261. The van der Waals surface area contributed by atoms with Gasteiger partial charge in [-0.05, 0) is 19.1 Å². The topological polar surface area (TPSA) is 42.4 Å². The molecule has 15 heavy (non-hydrogen) atoms. The molecule has 0 aliphatic carbocycles. The Kier molecular flexibility index (Phi) is 2.87. The quantitative estimate of drug-likeness (QED) is 0.866. The Balaban J connectivity index is 2.08. The highest BCUT2D eigenvalue weighted by atomic mass is 32.1. The molecule has 2 rings (SSSR count). The van der Waals surface area contributed by atoms with Crippen LogP contribution in [-0.4, -0.2) is 10.1 Å². The molecule has 0 atom stereocenters. The van der Waals surface area contributed by atoms with E-state index in [0.29, 0.717) is 12.4 Å². The van der Waals surface area contributed by atoms with Crippen molar-refractivity contribution < 1.29 is 9.84 Å². The van der Waals surface area contributed by atoms with E-state index in [2.05, 4.69) is 4.98 Å². The summed E-state index contributed by atoms with van der Waals surface area (Å²) in [5.74, 6) is 0.972. The van der Waals surface area contributed by atoms with Gasteiger partial charge in [0.2, 0.25) is 0 Å². The maximum Gasteiger partial charge on any atom is 0.126 e. The monoisotopic (exact) mass is 221 g/mol. The number of phenols is 1. The van der Waals surface area contributed by atoms with Crippen LogP contribution in [0.25, 0.3) is 0 Å². The highest BCUT2D eigenvalue weighted by Gasteiger charge is 2.04. The van der Waals surface area contributed by atoms with Crippen molar-refractivity contribution in [1.29, 1.82) is 0 Å². The summed E-state index contributed by atoms with van der Waals surface area (Å²) < 4.78 is 5.57. The molecular weight excluding hydrogens is 210 g/mol. The van der Waals surface area contributed by atoms with Crippen molar-refractivity contribution in [3.8, 4) is 11.5 Å². The Morgan fingerprint density at radius 2 is 2.33 bits per heavy atom. The molecule has 0 aliphatic heterocycles. The number of benzene rings is 1. The van der Waals surface area contributed by atoms with Crippen molar-refractivity contribution in [2.45, 2.75) is 13.5 Å². The second-order valence-corrected chi connectivity index (χ2v) is 4.13. The van der Waals surface area contributed by atoms with E-state index in [4.69, 9.17) is 4.74 Å². The number of hydrogen-bond donors (Lipinski definition) is 1. The molecule has 0 amide bonds. The van der Waals surface area contributed by atoms with Gasteiger partial charge in [0.25, 0.3) is 0 Å². The Morgan fingerprint density at radius 1 is 1.47 bits per heavy atom. The Hall–Kier alpha value is -1.55. The maximum atomic E-state index is 9.47. The number of rotatable bonds is 3. The summed E-state index contributed by atoms with van der Waals surface area (Å²) >= 11 is 1.55. The lowest BCUT2D eigenvalue weighted by atomic mass is 10.2. The fourth-order valence-electron chi connectivity index (χ4n) is 1.22. The molecule has 1 aromatic heterocycles. The van der Waals surface area contributed by atoms with E-state index in [-0.39, 0.29) is 5.75 Å². The third kappa shape index (κ3) is 2.27. The molecule has 1 aromatic carbocycles. The number of ether oxygens (including phenoxy) is 1. The molecule has 2 aromatic rings. The lowest BCUT2D eigenvalue weighted by Gasteiger charge is -2.08. The van der Waals surface area contributed by atoms with Crippen LogP contribution < -0.4 is 4.74 Å². The predicted octanol–water partition coefficient (Wildman–Crippen LogP) is 2.74. The summed E-state index contributed by atoms with van der Waals surface area (Å²) in [6, 6.07) is 5.26. The number of hydrogen-bond acceptors (Lipinski definition) is 4. The third-order valence-electron chi connectivity index (χ3n) is 2.11. The van der Waals surface area contributed by atoms with Gasteiger partial charge >= 0.3 is 0 Å². The van der Waals surface area contributed by atoms with E-state index in [9.17, 15) is 5.11 Å². The second-order valence-electron chi connectivity index (χ2n) is 3.16. The summed E-state index contributed by atoms with van der Waals surface area (Å²) in [4.78, 5) is 5.03. The van der Waals surface area contributed by atoms with E-state index in [1.54, 1.807) is 35.2 Å². The SMILES string of the molecule is Cc1c(O)cccc1OCc1cncs1. The van der Waals surface area contributed by atoms with Crippen LogP contribution in [0.1, 0.15) is 10.4 Å². The minimum absolute atomic E-state index is 0.261. The first-order chi connectivity index (χ1) is 7.27. The summed E-state index contributed by atoms with van der Waals surface area (Å²) in [6.45, 7) is 2.33. The Labute approximate surface area is 92.0 Å². The van der Waals surface area contributed by atoms with Crippen LogP contribution in [0.4, 0.5) is 0 Å². The van der Waals surface area contributed by atoms with E-state index in [1.807, 2.05) is 13.0 Å². The molecule has 0 bridgehead atoms. The first-order valence-electron chi connectivity index (χ1n) is 4.56. The molecule has 1 N–H and O–H groups in total. The van der Waals surface area contributed by atoms with E-state index in [1.165, 1.54) is 0 Å². The standard InChI is InChI=1S/C11H11NO2S/c1-8-10(13)3-2-4-11(8)14-6-9-5-12-7-15-9/h2-5,7,13H,6H2,1H3. The Bertz CT molecular complexity index is 440. The van der Waals surface area contributed by atoms with Crippen molar-refractivity contribution in [3.63, 3.8) is 0 Å². The van der Waals surface area contributed by atoms with Crippen LogP contribution in [0.2, 0.25) is 0 Å². The summed E-state index contributed by atoms with van der Waals surface area (Å²) in [5.41, 5.74) is 2.54. The molecule has 0 aliphatic rings. The lowest BCUT2D eigenvalue weighted by molar-refractivity contribution is 0.305. The lowest BCUT2D eigenvalue weighted by Crippen LogP contribution is -1.94. The largest absolute Gasteiger partial charge is 0.508 e. The van der Waals surface area contributed by atoms with Crippen molar-refractivity contribution in [3.05, 3.63) is 40.3 Å².